The van der Waals surface area contributed by atoms with Crippen LogP contribution in [-0.4, -0.2) is 35.6 Å². The number of phosphoric acid groups is 1. The third kappa shape index (κ3) is 6.83. The van der Waals surface area contributed by atoms with Crippen LogP contribution < -0.4 is 15.2 Å². The van der Waals surface area contributed by atoms with Crippen molar-refractivity contribution in [2.45, 2.75) is 43.6 Å². The zero-order valence-corrected chi connectivity index (χ0v) is 18.1. The molecule has 1 fully saturated rings. The molecule has 8 heteroatoms. The molecule has 0 aliphatic heterocycles. The first-order valence-corrected chi connectivity index (χ1v) is 11.6. The highest BCUT2D eigenvalue weighted by molar-refractivity contribution is 7.46. The minimum atomic E-state index is -4.50. The summed E-state index contributed by atoms with van der Waals surface area (Å²) in [6.45, 7) is 0.504. The highest BCUT2D eigenvalue weighted by atomic mass is 31.2. The molecule has 0 amide bonds. The summed E-state index contributed by atoms with van der Waals surface area (Å²) < 4.78 is 26.6. The zero-order chi connectivity index (χ0) is 21.6. The summed E-state index contributed by atoms with van der Waals surface area (Å²) in [6, 6.07) is 16.1. The molecule has 2 aromatic rings. The minimum absolute atomic E-state index is 0.136. The molecule has 0 aromatic heterocycles. The first kappa shape index (κ1) is 22.8. The molecule has 1 aliphatic rings. The largest absolute Gasteiger partial charge is 0.497 e. The van der Waals surface area contributed by atoms with Gasteiger partial charge in [-0.05, 0) is 73.4 Å². The van der Waals surface area contributed by atoms with Crippen molar-refractivity contribution < 1.29 is 28.3 Å². The second-order valence-electron chi connectivity index (χ2n) is 7.94. The zero-order valence-electron chi connectivity index (χ0n) is 17.2. The molecule has 1 saturated carbocycles. The first-order valence-electron chi connectivity index (χ1n) is 10.1. The molecule has 2 atom stereocenters. The van der Waals surface area contributed by atoms with E-state index < -0.39 is 13.4 Å². The number of methoxy groups -OCH3 is 1. The van der Waals surface area contributed by atoms with Gasteiger partial charge in [0.1, 0.15) is 11.5 Å². The summed E-state index contributed by atoms with van der Waals surface area (Å²) in [5.74, 6) is 1.94. The number of nitrogens with two attached hydrogens (primary N) is 1. The van der Waals surface area contributed by atoms with Gasteiger partial charge in [0, 0.05) is 5.54 Å². The Morgan fingerprint density at radius 2 is 1.77 bits per heavy atom. The highest BCUT2D eigenvalue weighted by Gasteiger charge is 2.38. The molecule has 7 nitrogen and oxygen atoms in total. The van der Waals surface area contributed by atoms with Gasteiger partial charge < -0.3 is 25.0 Å². The van der Waals surface area contributed by atoms with Crippen molar-refractivity contribution in [2.24, 2.45) is 5.73 Å². The van der Waals surface area contributed by atoms with Crippen LogP contribution in [0.15, 0.2) is 48.5 Å². The molecule has 1 aliphatic carbocycles. The molecule has 0 radical (unpaired) electrons. The van der Waals surface area contributed by atoms with Crippen LogP contribution in [0, 0.1) is 0 Å². The minimum Gasteiger partial charge on any atom is -0.497 e. The molecule has 2 aromatic carbocycles. The molecule has 0 unspecified atom stereocenters. The number of hydrogen-bond acceptors (Lipinski definition) is 5. The van der Waals surface area contributed by atoms with Gasteiger partial charge in [0.2, 0.25) is 0 Å². The topological polar surface area (TPSA) is 111 Å². The summed E-state index contributed by atoms with van der Waals surface area (Å²) in [6.07, 6.45) is 4.03. The van der Waals surface area contributed by atoms with E-state index in [1.807, 2.05) is 36.4 Å². The van der Waals surface area contributed by atoms with Gasteiger partial charge in [-0.3, -0.25) is 4.52 Å². The fourth-order valence-electron chi connectivity index (χ4n) is 3.88. The summed E-state index contributed by atoms with van der Waals surface area (Å²) in [5.41, 5.74) is 7.97. The van der Waals surface area contributed by atoms with Crippen LogP contribution >= 0.6 is 7.82 Å². The molecule has 0 spiro atoms. The maximum atomic E-state index is 10.9. The van der Waals surface area contributed by atoms with E-state index in [4.69, 9.17) is 25.0 Å². The van der Waals surface area contributed by atoms with Crippen molar-refractivity contribution in [3.05, 3.63) is 59.7 Å². The molecular weight excluding hydrogens is 405 g/mol. The Hall–Kier alpha value is -1.89. The molecular formula is C22H30NO6P. The molecule has 0 bridgehead atoms. The van der Waals surface area contributed by atoms with E-state index in [2.05, 4.69) is 16.7 Å². The van der Waals surface area contributed by atoms with Gasteiger partial charge in [0.25, 0.3) is 0 Å². The van der Waals surface area contributed by atoms with E-state index >= 15 is 0 Å². The average Bonchev–Trinajstić information content (AvgIpc) is 3.13. The van der Waals surface area contributed by atoms with Gasteiger partial charge in [0.15, 0.2) is 0 Å². The molecule has 30 heavy (non-hydrogen) atoms. The smallest absolute Gasteiger partial charge is 0.469 e. The highest BCUT2D eigenvalue weighted by Crippen LogP contribution is 2.43. The Balaban J connectivity index is 1.43. The third-order valence-corrected chi connectivity index (χ3v) is 6.02. The second-order valence-corrected chi connectivity index (χ2v) is 9.17. The van der Waals surface area contributed by atoms with Crippen LogP contribution in [-0.2, 0) is 15.5 Å². The molecule has 164 valence electrons. The van der Waals surface area contributed by atoms with Crippen molar-refractivity contribution in [3.8, 4) is 11.5 Å². The van der Waals surface area contributed by atoms with Crippen molar-refractivity contribution in [1.29, 1.82) is 0 Å². The van der Waals surface area contributed by atoms with Crippen LogP contribution in [0.2, 0.25) is 0 Å². The summed E-state index contributed by atoms with van der Waals surface area (Å²) in [4.78, 5) is 17.8. The van der Waals surface area contributed by atoms with Crippen molar-refractivity contribution in [3.63, 3.8) is 0 Å². The van der Waals surface area contributed by atoms with Crippen molar-refractivity contribution >= 4 is 7.82 Å². The van der Waals surface area contributed by atoms with Crippen LogP contribution in [0.25, 0.3) is 0 Å². The predicted molar refractivity (Wildman–Crippen MR) is 115 cm³/mol. The number of aryl methyl sites for hydroxylation is 1. The molecule has 0 saturated heterocycles. The molecule has 0 heterocycles. The first-order chi connectivity index (χ1) is 14.3. The Kier molecular flexibility index (Phi) is 7.55. The normalized spacial score (nSPS) is 21.5. The van der Waals surface area contributed by atoms with Gasteiger partial charge in [-0.25, -0.2) is 4.57 Å². The number of hydrogen-bond donors (Lipinski definition) is 3. The van der Waals surface area contributed by atoms with E-state index in [1.165, 1.54) is 5.56 Å². The lowest BCUT2D eigenvalue weighted by molar-refractivity contribution is 0.153. The lowest BCUT2D eigenvalue weighted by Gasteiger charge is -2.24. The van der Waals surface area contributed by atoms with Gasteiger partial charge in [0.05, 0.1) is 20.3 Å². The number of phosphoric ester groups is 1. The number of benzene rings is 2. The van der Waals surface area contributed by atoms with E-state index in [9.17, 15) is 4.57 Å². The lowest BCUT2D eigenvalue weighted by atomic mass is 9.94. The summed E-state index contributed by atoms with van der Waals surface area (Å²) >= 11 is 0. The maximum Gasteiger partial charge on any atom is 0.469 e. The monoisotopic (exact) mass is 435 g/mol. The SMILES string of the molecule is COc1ccc(CCCOc2ccc([C@@H]3CC[C@@](N)(COP(=O)(O)O)C3)cc2)cc1. The van der Waals surface area contributed by atoms with Gasteiger partial charge >= 0.3 is 7.82 Å². The average molecular weight is 435 g/mol. The molecule has 3 rings (SSSR count). The Morgan fingerprint density at radius 1 is 1.10 bits per heavy atom. The number of rotatable bonds is 10. The van der Waals surface area contributed by atoms with Gasteiger partial charge in [-0.2, -0.15) is 0 Å². The van der Waals surface area contributed by atoms with Crippen molar-refractivity contribution in [1.82, 2.24) is 0 Å². The van der Waals surface area contributed by atoms with E-state index in [-0.39, 0.29) is 12.5 Å². The van der Waals surface area contributed by atoms with E-state index in [0.29, 0.717) is 19.4 Å². The Labute approximate surface area is 177 Å². The van der Waals surface area contributed by atoms with Gasteiger partial charge in [-0.15, -0.1) is 0 Å². The van der Waals surface area contributed by atoms with Crippen molar-refractivity contribution in [2.75, 3.05) is 20.3 Å². The van der Waals surface area contributed by atoms with E-state index in [1.54, 1.807) is 7.11 Å². The fourth-order valence-corrected chi connectivity index (χ4v) is 4.30. The quantitative estimate of drug-likeness (QED) is 0.385. The van der Waals surface area contributed by atoms with Crippen LogP contribution in [0.4, 0.5) is 0 Å². The molecule has 4 N–H and O–H groups in total. The summed E-state index contributed by atoms with van der Waals surface area (Å²) in [5, 5.41) is 0. The van der Waals surface area contributed by atoms with E-state index in [0.717, 1.165) is 36.3 Å². The maximum absolute atomic E-state index is 10.9. The Morgan fingerprint density at radius 3 is 2.40 bits per heavy atom. The van der Waals surface area contributed by atoms with Gasteiger partial charge in [-0.1, -0.05) is 24.3 Å². The number of ether oxygens (including phenoxy) is 2. The Bertz CT molecular complexity index is 851. The second kappa shape index (κ2) is 9.94. The van der Waals surface area contributed by atoms with Crippen LogP contribution in [0.3, 0.4) is 0 Å². The predicted octanol–water partition coefficient (Wildman–Crippen LogP) is 3.78. The standard InChI is InChI=1S/C22H30NO6P/c1-27-20-8-4-17(5-9-20)3-2-14-28-21-10-6-18(7-11-21)19-12-13-22(23,15-19)16-29-30(24,25)26/h4-11,19H,2-3,12-16,23H2,1H3,(H2,24,25,26)/t19-,22+/m1/s1. The van der Waals surface area contributed by atoms with Crippen LogP contribution in [0.5, 0.6) is 11.5 Å². The fraction of sp³-hybridized carbons (Fsp3) is 0.455. The third-order valence-electron chi connectivity index (χ3n) is 5.55. The van der Waals surface area contributed by atoms with Crippen LogP contribution in [0.1, 0.15) is 42.7 Å². The summed E-state index contributed by atoms with van der Waals surface area (Å²) in [7, 11) is -2.84. The lowest BCUT2D eigenvalue weighted by Crippen LogP contribution is -2.41.